The van der Waals surface area contributed by atoms with Gasteiger partial charge in [-0.25, -0.2) is 9.78 Å². The van der Waals surface area contributed by atoms with Crippen molar-refractivity contribution in [3.8, 4) is 11.5 Å². The molecule has 2 aromatic rings. The van der Waals surface area contributed by atoms with Crippen LogP contribution in [0.4, 0.5) is 0 Å². The van der Waals surface area contributed by atoms with Crippen molar-refractivity contribution in [2.45, 2.75) is 170 Å². The summed E-state index contributed by atoms with van der Waals surface area (Å²) in [5.41, 5.74) is 4.14. The van der Waals surface area contributed by atoms with Crippen molar-refractivity contribution in [1.82, 2.24) is 4.90 Å². The Morgan fingerprint density at radius 2 is 1.25 bits per heavy atom. The predicted molar refractivity (Wildman–Crippen MR) is 268 cm³/mol. The largest absolute Gasteiger partial charge is 0.496 e. The first-order valence-corrected chi connectivity index (χ1v) is 24.6. The Morgan fingerprint density at radius 1 is 0.754 bits per heavy atom. The first-order chi connectivity index (χ1) is 32.0. The molecule has 0 N–H and O–H groups in total. The molecule has 1 amide bonds. The van der Waals surface area contributed by atoms with Crippen LogP contribution in [0, 0.1) is 37.0 Å². The minimum Gasteiger partial charge on any atom is -0.496 e. The lowest BCUT2D eigenvalue weighted by atomic mass is 9.81. The van der Waals surface area contributed by atoms with Gasteiger partial charge in [-0.15, -0.1) is 0 Å². The van der Waals surface area contributed by atoms with Gasteiger partial charge in [-0.3, -0.25) is 14.4 Å². The van der Waals surface area contributed by atoms with Crippen LogP contribution in [-0.2, 0) is 43.3 Å². The number of amides is 1. The molecule has 16 heteroatoms. The lowest BCUT2D eigenvalue weighted by molar-refractivity contribution is -0.326. The summed E-state index contributed by atoms with van der Waals surface area (Å²) in [6.07, 6.45) is 5.93. The molecule has 1 saturated heterocycles. The first kappa shape index (κ1) is 55.6. The van der Waals surface area contributed by atoms with E-state index in [1.165, 1.54) is 12.7 Å². The van der Waals surface area contributed by atoms with Gasteiger partial charge in [-0.2, -0.15) is 0 Å². The highest BCUT2D eigenvalue weighted by atomic mass is 35.5. The average Bonchev–Trinajstić information content (AvgIpc) is 4.11. The van der Waals surface area contributed by atoms with Gasteiger partial charge in [-0.1, -0.05) is 73.4 Å². The van der Waals surface area contributed by atoms with Gasteiger partial charge >= 0.3 is 11.9 Å². The summed E-state index contributed by atoms with van der Waals surface area (Å²) in [5, 5.41) is 9.97. The van der Waals surface area contributed by atoms with Crippen molar-refractivity contribution in [1.29, 1.82) is 0 Å². The van der Waals surface area contributed by atoms with E-state index < -0.39 is 23.0 Å². The van der Waals surface area contributed by atoms with Gasteiger partial charge in [0, 0.05) is 52.8 Å². The third kappa shape index (κ3) is 14.2. The molecule has 2 spiro atoms. The Labute approximate surface area is 419 Å². The van der Waals surface area contributed by atoms with Gasteiger partial charge in [0.25, 0.3) is 0 Å². The Balaban J connectivity index is 0.000000207. The van der Waals surface area contributed by atoms with Crippen LogP contribution in [-0.4, -0.2) is 90.7 Å². The zero-order valence-electron chi connectivity index (χ0n) is 43.5. The van der Waals surface area contributed by atoms with Crippen LogP contribution in [0.3, 0.4) is 0 Å². The summed E-state index contributed by atoms with van der Waals surface area (Å²) in [7, 11) is 4.69. The monoisotopic (exact) mass is 999 g/mol. The highest BCUT2D eigenvalue weighted by molar-refractivity contribution is 6.32. The number of allylic oxidation sites excluding steroid dienone is 1. The third-order valence-electron chi connectivity index (χ3n) is 13.2. The van der Waals surface area contributed by atoms with E-state index in [1.807, 2.05) is 107 Å². The number of rotatable bonds is 9. The van der Waals surface area contributed by atoms with Gasteiger partial charge in [0.2, 0.25) is 5.91 Å². The Bertz CT molecular complexity index is 2290. The molecule has 7 rings (SSSR count). The van der Waals surface area contributed by atoms with Gasteiger partial charge in [0.15, 0.2) is 11.8 Å². The maximum absolute atomic E-state index is 13.2. The van der Waals surface area contributed by atoms with Crippen LogP contribution < -0.4 is 9.47 Å². The number of hydrogen-bond donors (Lipinski definition) is 0. The fourth-order valence-corrected chi connectivity index (χ4v) is 9.33. The first-order valence-electron chi connectivity index (χ1n) is 23.8. The molecule has 14 nitrogen and oxygen atoms in total. The third-order valence-corrected chi connectivity index (χ3v) is 14.0. The van der Waals surface area contributed by atoms with E-state index in [2.05, 4.69) is 16.9 Å². The second-order valence-corrected chi connectivity index (χ2v) is 23.1. The second-order valence-electron chi connectivity index (χ2n) is 22.3. The molecule has 0 bridgehead atoms. The molecular weight excluding hydrogens is 925 g/mol. The minimum atomic E-state index is -0.672. The molecule has 5 aliphatic rings. The summed E-state index contributed by atoms with van der Waals surface area (Å²) >= 11 is 12.6. The molecule has 3 aliphatic heterocycles. The van der Waals surface area contributed by atoms with Gasteiger partial charge < -0.3 is 33.5 Å². The molecular formula is C53H75Cl2N3O11. The van der Waals surface area contributed by atoms with Crippen LogP contribution in [0.2, 0.25) is 10.0 Å². The predicted octanol–water partition coefficient (Wildman–Crippen LogP) is 11.7. The number of esters is 2. The van der Waals surface area contributed by atoms with Crippen LogP contribution in [0.25, 0.3) is 0 Å². The second kappa shape index (κ2) is 22.0. The lowest BCUT2D eigenvalue weighted by Gasteiger charge is -2.32. The smallest absolute Gasteiger partial charge is 0.309 e. The molecule has 0 aromatic heterocycles. The van der Waals surface area contributed by atoms with Gasteiger partial charge in [0.1, 0.15) is 28.3 Å². The molecule has 3 heterocycles. The molecule has 1 unspecified atom stereocenters. The molecule has 2 saturated carbocycles. The molecule has 69 heavy (non-hydrogen) atoms. The summed E-state index contributed by atoms with van der Waals surface area (Å²) in [6.45, 7) is 27.5. The van der Waals surface area contributed by atoms with E-state index in [0.29, 0.717) is 48.0 Å². The van der Waals surface area contributed by atoms with Crippen molar-refractivity contribution < 1.29 is 52.8 Å². The van der Waals surface area contributed by atoms with Crippen LogP contribution >= 0.6 is 23.2 Å². The summed E-state index contributed by atoms with van der Waals surface area (Å²) in [5.74, 6) is 0.941. The molecule has 6 atom stereocenters. The topological polar surface area (TPSA) is 153 Å². The van der Waals surface area contributed by atoms with E-state index in [1.54, 1.807) is 19.1 Å². The van der Waals surface area contributed by atoms with Crippen LogP contribution in [0.1, 0.15) is 149 Å². The Morgan fingerprint density at radius 3 is 1.70 bits per heavy atom. The number of methoxy groups -OCH3 is 2. The van der Waals surface area contributed by atoms with Crippen LogP contribution in [0.5, 0.6) is 11.5 Å². The Kier molecular flexibility index (Phi) is 17.7. The van der Waals surface area contributed by atoms with Crippen molar-refractivity contribution in [3.63, 3.8) is 0 Å². The zero-order valence-corrected chi connectivity index (χ0v) is 45.0. The highest BCUT2D eigenvalue weighted by Crippen LogP contribution is 2.46. The summed E-state index contributed by atoms with van der Waals surface area (Å²) < 4.78 is 21.8. The number of halogens is 2. The standard InChI is InChI=1S/C22H31ClN2O5.C20H26ClNO4.C11H18O2/c1-13-8-18(27-6)15(9-16(13)23)17-10-22(30-24-17)11-19(29-28-7)25(12-22)20(26)14(2)21(3,4)5;1-12-8-17(24-5)14(9-15(12)21)16-11-20(26-22-16)7-6-13(10-20)18(23)25-19(2,3)4;1-8-5-6-9(7-8)10(12)13-11(2,3)4/h8-9,14,19H,10-12H2,1-7H3;8-9,13H,6-7,10-11H2,1-5H3;9H,1,5-7H2,2-4H3/t14-,19-,22-;13-,20-;/m10./s1. The van der Waals surface area contributed by atoms with Crippen molar-refractivity contribution in [3.05, 3.63) is 68.7 Å². The van der Waals surface area contributed by atoms with Gasteiger partial charge in [-0.05, 0) is 128 Å². The molecule has 2 aliphatic carbocycles. The lowest BCUT2D eigenvalue weighted by Crippen LogP contribution is -2.44. The molecule has 2 aromatic carbocycles. The SMILES string of the molecule is C=C1CCC(C(=O)OC(C)(C)C)C1.COO[C@@H]1C[C@]2(CC(c3cc(Cl)c(C)cc3OC)=NO2)CN1C(=O)[C@@H](C)C(C)(C)C.COc1cc(C)c(Cl)cc1C1=NO[C@]2(CC[C@H](C(=O)OC(C)(C)C)C2)C1. The number of carbonyl (C=O) groups excluding carboxylic acids is 3. The molecule has 3 fully saturated rings. The summed E-state index contributed by atoms with van der Waals surface area (Å²) in [6, 6.07) is 7.51. The maximum Gasteiger partial charge on any atom is 0.309 e. The van der Waals surface area contributed by atoms with E-state index in [4.69, 9.17) is 61.6 Å². The quantitative estimate of drug-likeness (QED) is 0.102. The number of nitrogens with zero attached hydrogens (tertiary/aromatic N) is 3. The van der Waals surface area contributed by atoms with Crippen molar-refractivity contribution >= 4 is 52.5 Å². The number of oxime groups is 2. The molecule has 0 radical (unpaired) electrons. The normalized spacial score (nSPS) is 24.6. The molecule has 382 valence electrons. The number of carbonyl (C=O) groups is 3. The Hall–Kier alpha value is -4.37. The zero-order chi connectivity index (χ0) is 51.4. The van der Waals surface area contributed by atoms with E-state index in [0.717, 1.165) is 71.5 Å². The number of likely N-dealkylation sites (tertiary alicyclic amines) is 1. The van der Waals surface area contributed by atoms with E-state index in [9.17, 15) is 14.4 Å². The maximum atomic E-state index is 13.2. The van der Waals surface area contributed by atoms with Crippen molar-refractivity contribution in [2.24, 2.45) is 33.5 Å². The van der Waals surface area contributed by atoms with E-state index >= 15 is 0 Å². The van der Waals surface area contributed by atoms with E-state index in [-0.39, 0.29) is 46.6 Å². The fraction of sp³-hybridized carbons (Fsp3) is 0.642. The summed E-state index contributed by atoms with van der Waals surface area (Å²) in [4.78, 5) is 61.0. The highest BCUT2D eigenvalue weighted by Gasteiger charge is 2.54. The fourth-order valence-electron chi connectivity index (χ4n) is 9.00. The minimum absolute atomic E-state index is 0.00874. The number of benzene rings is 2. The number of hydrogen-bond acceptors (Lipinski definition) is 13. The van der Waals surface area contributed by atoms with Gasteiger partial charge in [0.05, 0.1) is 51.1 Å². The number of aryl methyl sites for hydroxylation is 2. The average molecular weight is 1000 g/mol. The van der Waals surface area contributed by atoms with Crippen LogP contribution in [0.15, 0.2) is 46.7 Å². The van der Waals surface area contributed by atoms with Crippen molar-refractivity contribution in [2.75, 3.05) is 27.9 Å². The number of ether oxygens (including phenoxy) is 4.